The summed E-state index contributed by atoms with van der Waals surface area (Å²) in [5.41, 5.74) is 3.96. The lowest BCUT2D eigenvalue weighted by molar-refractivity contribution is 0.0690. The standard InChI is InChI=1S/C18H12N4O2/c23-18(24)16-8-4-7-15(21-16)13-9-19-17-14(10-20-22(17)11-13)12-5-2-1-3-6-12/h1-11H,(H,23,24). The highest BCUT2D eigenvalue weighted by atomic mass is 16.4. The summed E-state index contributed by atoms with van der Waals surface area (Å²) in [4.78, 5) is 19.7. The van der Waals surface area contributed by atoms with E-state index in [-0.39, 0.29) is 5.69 Å². The third-order valence-corrected chi connectivity index (χ3v) is 3.71. The van der Waals surface area contributed by atoms with Crippen LogP contribution in [0.25, 0.3) is 28.0 Å². The van der Waals surface area contributed by atoms with E-state index in [0.29, 0.717) is 11.3 Å². The average Bonchev–Trinajstić information content (AvgIpc) is 3.05. The summed E-state index contributed by atoms with van der Waals surface area (Å²) in [5.74, 6) is -1.06. The first-order valence-electron chi connectivity index (χ1n) is 7.32. The van der Waals surface area contributed by atoms with Gasteiger partial charge in [0.2, 0.25) is 0 Å². The Morgan fingerprint density at radius 2 is 1.79 bits per heavy atom. The fourth-order valence-electron chi connectivity index (χ4n) is 2.54. The van der Waals surface area contributed by atoms with Gasteiger partial charge in [-0.3, -0.25) is 0 Å². The van der Waals surface area contributed by atoms with Crippen LogP contribution in [0.3, 0.4) is 0 Å². The van der Waals surface area contributed by atoms with Gasteiger partial charge in [0.15, 0.2) is 5.65 Å². The number of hydrogen-bond donors (Lipinski definition) is 1. The molecule has 4 aromatic rings. The SMILES string of the molecule is O=C(O)c1cccc(-c2cnc3c(-c4ccccc4)cnn3c2)n1. The molecule has 0 amide bonds. The number of rotatable bonds is 3. The Kier molecular flexibility index (Phi) is 3.28. The number of pyridine rings is 1. The first kappa shape index (κ1) is 14.1. The van der Waals surface area contributed by atoms with Gasteiger partial charge in [-0.1, -0.05) is 36.4 Å². The smallest absolute Gasteiger partial charge is 0.354 e. The van der Waals surface area contributed by atoms with E-state index in [9.17, 15) is 4.79 Å². The van der Waals surface area contributed by atoms with Crippen LogP contribution in [0, 0.1) is 0 Å². The molecule has 6 heteroatoms. The van der Waals surface area contributed by atoms with Gasteiger partial charge in [0.1, 0.15) is 5.69 Å². The van der Waals surface area contributed by atoms with E-state index >= 15 is 0 Å². The maximum Gasteiger partial charge on any atom is 0.354 e. The first-order chi connectivity index (χ1) is 11.7. The fourth-order valence-corrected chi connectivity index (χ4v) is 2.54. The third-order valence-electron chi connectivity index (χ3n) is 3.71. The molecule has 116 valence electrons. The molecule has 4 rings (SSSR count). The van der Waals surface area contributed by atoms with Crippen molar-refractivity contribution in [3.63, 3.8) is 0 Å². The van der Waals surface area contributed by atoms with Crippen molar-refractivity contribution in [2.75, 3.05) is 0 Å². The van der Waals surface area contributed by atoms with E-state index in [1.807, 2.05) is 30.3 Å². The second-order valence-electron chi connectivity index (χ2n) is 5.25. The van der Waals surface area contributed by atoms with Gasteiger partial charge in [-0.25, -0.2) is 19.3 Å². The molecule has 0 aliphatic rings. The molecule has 0 fully saturated rings. The van der Waals surface area contributed by atoms with Crippen molar-refractivity contribution in [1.82, 2.24) is 19.6 Å². The molecule has 0 radical (unpaired) electrons. The van der Waals surface area contributed by atoms with Gasteiger partial charge in [0, 0.05) is 23.5 Å². The van der Waals surface area contributed by atoms with Crippen LogP contribution >= 0.6 is 0 Å². The van der Waals surface area contributed by atoms with Crippen molar-refractivity contribution in [3.05, 3.63) is 72.8 Å². The van der Waals surface area contributed by atoms with Crippen LogP contribution in [-0.2, 0) is 0 Å². The highest BCUT2D eigenvalue weighted by molar-refractivity contribution is 5.86. The molecule has 0 aliphatic heterocycles. The van der Waals surface area contributed by atoms with Gasteiger partial charge in [0.05, 0.1) is 11.9 Å². The van der Waals surface area contributed by atoms with E-state index in [4.69, 9.17) is 5.11 Å². The second-order valence-corrected chi connectivity index (χ2v) is 5.25. The van der Waals surface area contributed by atoms with Crippen molar-refractivity contribution in [1.29, 1.82) is 0 Å². The number of hydrogen-bond acceptors (Lipinski definition) is 4. The minimum atomic E-state index is -1.06. The Bertz CT molecular complexity index is 1040. The van der Waals surface area contributed by atoms with E-state index in [0.717, 1.165) is 16.8 Å². The Morgan fingerprint density at radius 3 is 2.58 bits per heavy atom. The van der Waals surface area contributed by atoms with Crippen LogP contribution in [0.4, 0.5) is 0 Å². The average molecular weight is 316 g/mol. The first-order valence-corrected chi connectivity index (χ1v) is 7.32. The number of benzene rings is 1. The van der Waals surface area contributed by atoms with Crippen LogP contribution in [-0.4, -0.2) is 30.7 Å². The van der Waals surface area contributed by atoms with E-state index in [2.05, 4.69) is 15.1 Å². The van der Waals surface area contributed by atoms with Crippen LogP contribution < -0.4 is 0 Å². The zero-order valence-corrected chi connectivity index (χ0v) is 12.5. The summed E-state index contributed by atoms with van der Waals surface area (Å²) < 4.78 is 1.67. The molecule has 0 bridgehead atoms. The Hall–Kier alpha value is -3.54. The lowest BCUT2D eigenvalue weighted by Crippen LogP contribution is -2.01. The Labute approximate surface area is 137 Å². The van der Waals surface area contributed by atoms with Crippen molar-refractivity contribution >= 4 is 11.6 Å². The molecular formula is C18H12N4O2. The van der Waals surface area contributed by atoms with E-state index < -0.39 is 5.97 Å². The summed E-state index contributed by atoms with van der Waals surface area (Å²) in [6, 6.07) is 14.8. The summed E-state index contributed by atoms with van der Waals surface area (Å²) in [7, 11) is 0. The molecule has 0 unspecified atom stereocenters. The van der Waals surface area contributed by atoms with Crippen molar-refractivity contribution in [3.8, 4) is 22.4 Å². The summed E-state index contributed by atoms with van der Waals surface area (Å²) in [6.07, 6.45) is 5.24. The predicted molar refractivity (Wildman–Crippen MR) is 88.6 cm³/mol. The highest BCUT2D eigenvalue weighted by Gasteiger charge is 2.11. The summed E-state index contributed by atoms with van der Waals surface area (Å²) >= 11 is 0. The van der Waals surface area contributed by atoms with Crippen LogP contribution in [0.2, 0.25) is 0 Å². The van der Waals surface area contributed by atoms with Gasteiger partial charge in [-0.15, -0.1) is 0 Å². The number of fused-ring (bicyclic) bond motifs is 1. The molecule has 3 heterocycles. The molecule has 1 N–H and O–H groups in total. The molecule has 0 spiro atoms. The van der Waals surface area contributed by atoms with Crippen molar-refractivity contribution in [2.24, 2.45) is 0 Å². The van der Waals surface area contributed by atoms with Gasteiger partial charge in [0.25, 0.3) is 0 Å². The van der Waals surface area contributed by atoms with E-state index in [1.54, 1.807) is 35.2 Å². The third kappa shape index (κ3) is 2.40. The van der Waals surface area contributed by atoms with Gasteiger partial charge < -0.3 is 5.11 Å². The number of carbonyl (C=O) groups is 1. The van der Waals surface area contributed by atoms with Gasteiger partial charge in [-0.05, 0) is 17.7 Å². The summed E-state index contributed by atoms with van der Waals surface area (Å²) in [6.45, 7) is 0. The largest absolute Gasteiger partial charge is 0.477 e. The molecule has 24 heavy (non-hydrogen) atoms. The van der Waals surface area contributed by atoms with Gasteiger partial charge >= 0.3 is 5.97 Å². The fraction of sp³-hybridized carbons (Fsp3) is 0. The number of aromatic nitrogens is 4. The topological polar surface area (TPSA) is 80.4 Å². The minimum Gasteiger partial charge on any atom is -0.477 e. The molecule has 0 saturated heterocycles. The molecular weight excluding hydrogens is 304 g/mol. The highest BCUT2D eigenvalue weighted by Crippen LogP contribution is 2.24. The number of aromatic carboxylic acids is 1. The van der Waals surface area contributed by atoms with Crippen LogP contribution in [0.1, 0.15) is 10.5 Å². The molecule has 0 aliphatic carbocycles. The lowest BCUT2D eigenvalue weighted by atomic mass is 10.1. The van der Waals surface area contributed by atoms with Crippen LogP contribution in [0.5, 0.6) is 0 Å². The molecule has 0 atom stereocenters. The van der Waals surface area contributed by atoms with Crippen molar-refractivity contribution < 1.29 is 9.90 Å². The zero-order valence-electron chi connectivity index (χ0n) is 12.5. The maximum atomic E-state index is 11.1. The predicted octanol–water partition coefficient (Wildman–Crippen LogP) is 3.16. The minimum absolute atomic E-state index is 0.00182. The van der Waals surface area contributed by atoms with Crippen molar-refractivity contribution in [2.45, 2.75) is 0 Å². The maximum absolute atomic E-state index is 11.1. The lowest BCUT2D eigenvalue weighted by Gasteiger charge is -2.03. The molecule has 6 nitrogen and oxygen atoms in total. The van der Waals surface area contributed by atoms with Crippen LogP contribution in [0.15, 0.2) is 67.1 Å². The summed E-state index contributed by atoms with van der Waals surface area (Å²) in [5, 5.41) is 13.4. The molecule has 1 aromatic carbocycles. The molecule has 0 saturated carbocycles. The van der Waals surface area contributed by atoms with Gasteiger partial charge in [-0.2, -0.15) is 5.10 Å². The quantitative estimate of drug-likeness (QED) is 0.628. The second kappa shape index (κ2) is 5.58. The number of carboxylic acids is 1. The number of nitrogens with zero attached hydrogens (tertiary/aromatic N) is 4. The zero-order chi connectivity index (χ0) is 16.5. The Balaban J connectivity index is 1.80. The van der Waals surface area contributed by atoms with E-state index in [1.165, 1.54) is 6.07 Å². The normalized spacial score (nSPS) is 10.8. The Morgan fingerprint density at radius 1 is 0.958 bits per heavy atom. The molecule has 3 aromatic heterocycles. The number of carboxylic acid groups (broad SMARTS) is 1. The monoisotopic (exact) mass is 316 g/mol.